The Morgan fingerprint density at radius 2 is 1.89 bits per heavy atom. The summed E-state index contributed by atoms with van der Waals surface area (Å²) >= 11 is 0. The lowest BCUT2D eigenvalue weighted by Gasteiger charge is -2.24. The highest BCUT2D eigenvalue weighted by Crippen LogP contribution is 2.06. The first-order valence-electron chi connectivity index (χ1n) is 5.58. The number of amides is 2. The fourth-order valence-electron chi connectivity index (χ4n) is 1.24. The van der Waals surface area contributed by atoms with Gasteiger partial charge in [-0.25, -0.2) is 4.79 Å². The number of likely N-dealkylation sites (N-methyl/N-ethyl adjacent to an activating group) is 1. The van der Waals surface area contributed by atoms with Gasteiger partial charge >= 0.3 is 18.0 Å². The van der Waals surface area contributed by atoms with Gasteiger partial charge in [0.05, 0.1) is 13.5 Å². The van der Waals surface area contributed by atoms with Gasteiger partial charge in [0.2, 0.25) is 0 Å². The maximum atomic E-state index is 11.7. The van der Waals surface area contributed by atoms with E-state index in [1.807, 2.05) is 13.8 Å². The van der Waals surface area contributed by atoms with Crippen LogP contribution in [0.2, 0.25) is 0 Å². The van der Waals surface area contributed by atoms with Gasteiger partial charge in [-0.1, -0.05) is 13.8 Å². The number of carbonyl (C=O) groups excluding carboxylic acids is 2. The Morgan fingerprint density at radius 1 is 1.33 bits per heavy atom. The summed E-state index contributed by atoms with van der Waals surface area (Å²) in [5, 5.41) is 11.3. The molecule has 0 aromatic carbocycles. The molecule has 0 aliphatic heterocycles. The number of rotatable bonds is 6. The van der Waals surface area contributed by atoms with Crippen LogP contribution < -0.4 is 5.32 Å². The molecule has 0 heterocycles. The normalized spacial score (nSPS) is 11.8. The zero-order valence-electron chi connectivity index (χ0n) is 11.1. The van der Waals surface area contributed by atoms with E-state index in [0.29, 0.717) is 0 Å². The number of methoxy groups -OCH3 is 1. The zero-order valence-corrected chi connectivity index (χ0v) is 11.1. The maximum Gasteiger partial charge on any atom is 0.325 e. The fourth-order valence-corrected chi connectivity index (χ4v) is 1.24. The Morgan fingerprint density at radius 3 is 2.28 bits per heavy atom. The molecule has 1 atom stereocenters. The quantitative estimate of drug-likeness (QED) is 0.670. The van der Waals surface area contributed by atoms with Gasteiger partial charge in [0, 0.05) is 13.1 Å². The number of aliphatic carboxylic acids is 1. The predicted octanol–water partition coefficient (Wildman–Crippen LogP) is 0.300. The number of ether oxygens (including phenoxy) is 1. The summed E-state index contributed by atoms with van der Waals surface area (Å²) in [6.07, 6.45) is -0.157. The molecule has 0 aliphatic rings. The van der Waals surface area contributed by atoms with Crippen molar-refractivity contribution in [2.24, 2.45) is 5.92 Å². The second kappa shape index (κ2) is 7.52. The summed E-state index contributed by atoms with van der Waals surface area (Å²) < 4.78 is 4.43. The van der Waals surface area contributed by atoms with Crippen LogP contribution in [0.3, 0.4) is 0 Å². The van der Waals surface area contributed by atoms with Gasteiger partial charge in [-0.05, 0) is 5.92 Å². The molecule has 2 amide bonds. The van der Waals surface area contributed by atoms with E-state index in [-0.39, 0.29) is 18.9 Å². The smallest absolute Gasteiger partial charge is 0.325 e. The molecule has 0 aliphatic carbocycles. The van der Waals surface area contributed by atoms with E-state index in [1.165, 1.54) is 14.2 Å². The van der Waals surface area contributed by atoms with Crippen LogP contribution in [0.25, 0.3) is 0 Å². The third-order valence-corrected chi connectivity index (χ3v) is 2.45. The third-order valence-electron chi connectivity index (χ3n) is 2.45. The van der Waals surface area contributed by atoms with Crippen LogP contribution in [0, 0.1) is 5.92 Å². The molecule has 0 saturated heterocycles. The third kappa shape index (κ3) is 6.07. The van der Waals surface area contributed by atoms with Crippen LogP contribution in [0.5, 0.6) is 0 Å². The molecule has 0 fully saturated rings. The first kappa shape index (κ1) is 16.2. The molecule has 7 heteroatoms. The number of nitrogens with one attached hydrogen (secondary N) is 1. The Kier molecular flexibility index (Phi) is 6.77. The lowest BCUT2D eigenvalue weighted by atomic mass is 10.0. The van der Waals surface area contributed by atoms with E-state index >= 15 is 0 Å². The average molecular weight is 260 g/mol. The minimum absolute atomic E-state index is 0.0171. The molecule has 0 bridgehead atoms. The minimum Gasteiger partial charge on any atom is -0.481 e. The highest BCUT2D eigenvalue weighted by atomic mass is 16.5. The number of nitrogens with zero attached hydrogens (tertiary/aromatic N) is 1. The summed E-state index contributed by atoms with van der Waals surface area (Å²) in [5.41, 5.74) is 0. The van der Waals surface area contributed by atoms with Gasteiger partial charge in [0.25, 0.3) is 0 Å². The van der Waals surface area contributed by atoms with Crippen molar-refractivity contribution in [3.63, 3.8) is 0 Å². The molecule has 0 saturated carbocycles. The van der Waals surface area contributed by atoms with Crippen molar-refractivity contribution in [1.82, 2.24) is 10.2 Å². The molecule has 0 rings (SSSR count). The van der Waals surface area contributed by atoms with Crippen LogP contribution in [0.1, 0.15) is 20.3 Å². The van der Waals surface area contributed by atoms with Crippen molar-refractivity contribution >= 4 is 18.0 Å². The van der Waals surface area contributed by atoms with Crippen molar-refractivity contribution in [3.8, 4) is 0 Å². The first-order valence-corrected chi connectivity index (χ1v) is 5.58. The summed E-state index contributed by atoms with van der Waals surface area (Å²) in [6.45, 7) is 3.45. The summed E-state index contributed by atoms with van der Waals surface area (Å²) in [4.78, 5) is 34.5. The van der Waals surface area contributed by atoms with E-state index in [1.54, 1.807) is 0 Å². The highest BCUT2D eigenvalue weighted by Gasteiger charge is 2.22. The molecule has 7 nitrogen and oxygen atoms in total. The molecule has 1 unspecified atom stereocenters. The minimum atomic E-state index is -0.982. The van der Waals surface area contributed by atoms with Crippen molar-refractivity contribution < 1.29 is 24.2 Å². The SMILES string of the molecule is COC(=O)CN(C)C(=O)NC(CC(=O)O)C(C)C. The Labute approximate surface area is 106 Å². The monoisotopic (exact) mass is 260 g/mol. The molecule has 104 valence electrons. The molecular formula is C11H20N2O5. The number of urea groups is 1. The summed E-state index contributed by atoms with van der Waals surface area (Å²) in [7, 11) is 2.67. The van der Waals surface area contributed by atoms with Crippen LogP contribution in [0.4, 0.5) is 4.79 Å². The average Bonchev–Trinajstić information content (AvgIpc) is 2.26. The standard InChI is InChI=1S/C11H20N2O5/c1-7(2)8(5-9(14)15)12-11(17)13(3)6-10(16)18-4/h7-8H,5-6H2,1-4H3,(H,12,17)(H,14,15). The lowest BCUT2D eigenvalue weighted by Crippen LogP contribution is -2.47. The van der Waals surface area contributed by atoms with E-state index < -0.39 is 24.0 Å². The van der Waals surface area contributed by atoms with Gasteiger partial charge in [0.1, 0.15) is 6.54 Å². The number of esters is 1. The number of carboxylic acids is 1. The van der Waals surface area contributed by atoms with Gasteiger partial charge < -0.3 is 20.1 Å². The molecule has 18 heavy (non-hydrogen) atoms. The molecule has 0 aromatic heterocycles. The Hall–Kier alpha value is -1.79. The fraction of sp³-hybridized carbons (Fsp3) is 0.727. The Bertz CT molecular complexity index is 317. The molecule has 0 radical (unpaired) electrons. The second-order valence-electron chi connectivity index (χ2n) is 4.33. The lowest BCUT2D eigenvalue weighted by molar-refractivity contribution is -0.141. The topological polar surface area (TPSA) is 95.9 Å². The number of carboxylic acid groups (broad SMARTS) is 1. The van der Waals surface area contributed by atoms with Crippen LogP contribution in [0.15, 0.2) is 0 Å². The molecular weight excluding hydrogens is 240 g/mol. The van der Waals surface area contributed by atoms with Crippen molar-refractivity contribution in [1.29, 1.82) is 0 Å². The first-order chi connectivity index (χ1) is 8.27. The van der Waals surface area contributed by atoms with E-state index in [4.69, 9.17) is 5.11 Å². The number of carbonyl (C=O) groups is 3. The summed E-state index contributed by atoms with van der Waals surface area (Å²) in [6, 6.07) is -0.976. The largest absolute Gasteiger partial charge is 0.481 e. The van der Waals surface area contributed by atoms with E-state index in [0.717, 1.165) is 4.90 Å². The van der Waals surface area contributed by atoms with Crippen LogP contribution in [-0.4, -0.2) is 54.7 Å². The van der Waals surface area contributed by atoms with Crippen molar-refractivity contribution in [2.45, 2.75) is 26.3 Å². The van der Waals surface area contributed by atoms with Crippen LogP contribution in [-0.2, 0) is 14.3 Å². The van der Waals surface area contributed by atoms with E-state index in [2.05, 4.69) is 10.1 Å². The van der Waals surface area contributed by atoms with Crippen molar-refractivity contribution in [3.05, 3.63) is 0 Å². The predicted molar refractivity (Wildman–Crippen MR) is 64.1 cm³/mol. The maximum absolute atomic E-state index is 11.7. The highest BCUT2D eigenvalue weighted by molar-refractivity contribution is 5.81. The van der Waals surface area contributed by atoms with Crippen molar-refractivity contribution in [2.75, 3.05) is 20.7 Å². The van der Waals surface area contributed by atoms with Gasteiger partial charge in [-0.15, -0.1) is 0 Å². The van der Waals surface area contributed by atoms with E-state index in [9.17, 15) is 14.4 Å². The molecule has 0 aromatic rings. The van der Waals surface area contributed by atoms with Crippen LogP contribution >= 0.6 is 0 Å². The number of hydrogen-bond acceptors (Lipinski definition) is 4. The second-order valence-corrected chi connectivity index (χ2v) is 4.33. The van der Waals surface area contributed by atoms with Gasteiger partial charge in [0.15, 0.2) is 0 Å². The van der Waals surface area contributed by atoms with Gasteiger partial charge in [-0.2, -0.15) is 0 Å². The zero-order chi connectivity index (χ0) is 14.3. The summed E-state index contributed by atoms with van der Waals surface area (Å²) in [5.74, 6) is -1.53. The number of hydrogen-bond donors (Lipinski definition) is 2. The molecule has 0 spiro atoms. The Balaban J connectivity index is 4.40. The van der Waals surface area contributed by atoms with Gasteiger partial charge in [-0.3, -0.25) is 9.59 Å². The molecule has 2 N–H and O–H groups in total.